The predicted octanol–water partition coefficient (Wildman–Crippen LogP) is 4.61. The van der Waals surface area contributed by atoms with Crippen molar-refractivity contribution in [3.63, 3.8) is 0 Å². The van der Waals surface area contributed by atoms with Gasteiger partial charge in [0.2, 0.25) is 0 Å². The first-order valence-electron chi connectivity index (χ1n) is 5.90. The monoisotopic (exact) mass is 221 g/mol. The standard InChI is InChI=1S/C13H19NS/c1-3-10(2)13-14-12(9-15-13)11-7-5-4-6-8-11/h3,9,11H,4-8H2,1-2H3. The molecule has 1 fully saturated rings. The van der Waals surface area contributed by atoms with Gasteiger partial charge in [-0.1, -0.05) is 25.3 Å². The van der Waals surface area contributed by atoms with Crippen LogP contribution in [-0.2, 0) is 0 Å². The van der Waals surface area contributed by atoms with Gasteiger partial charge >= 0.3 is 0 Å². The van der Waals surface area contributed by atoms with E-state index in [2.05, 4.69) is 25.3 Å². The Balaban J connectivity index is 2.12. The molecule has 1 saturated carbocycles. The zero-order chi connectivity index (χ0) is 10.7. The Hall–Kier alpha value is -0.630. The first kappa shape index (κ1) is 10.9. The van der Waals surface area contributed by atoms with E-state index >= 15 is 0 Å². The molecular formula is C13H19NS. The van der Waals surface area contributed by atoms with Crippen molar-refractivity contribution in [1.82, 2.24) is 4.98 Å². The summed E-state index contributed by atoms with van der Waals surface area (Å²) in [5.41, 5.74) is 2.65. The number of allylic oxidation sites excluding steroid dienone is 2. The molecule has 0 saturated heterocycles. The Morgan fingerprint density at radius 1 is 1.40 bits per heavy atom. The fourth-order valence-corrected chi connectivity index (χ4v) is 3.12. The Morgan fingerprint density at radius 3 is 2.80 bits per heavy atom. The zero-order valence-corrected chi connectivity index (χ0v) is 10.4. The van der Waals surface area contributed by atoms with Crippen LogP contribution in [0.25, 0.3) is 5.57 Å². The smallest absolute Gasteiger partial charge is 0.118 e. The van der Waals surface area contributed by atoms with Gasteiger partial charge in [-0.25, -0.2) is 4.98 Å². The van der Waals surface area contributed by atoms with Crippen molar-refractivity contribution in [2.24, 2.45) is 0 Å². The molecule has 1 aliphatic rings. The molecule has 0 radical (unpaired) electrons. The normalized spacial score (nSPS) is 19.5. The van der Waals surface area contributed by atoms with Crippen molar-refractivity contribution >= 4 is 16.9 Å². The summed E-state index contributed by atoms with van der Waals surface area (Å²) in [6.45, 7) is 4.22. The van der Waals surface area contributed by atoms with Crippen molar-refractivity contribution in [3.8, 4) is 0 Å². The quantitative estimate of drug-likeness (QED) is 0.710. The number of hydrogen-bond acceptors (Lipinski definition) is 2. The minimum absolute atomic E-state index is 0.744. The van der Waals surface area contributed by atoms with Crippen molar-refractivity contribution < 1.29 is 0 Å². The van der Waals surface area contributed by atoms with Crippen LogP contribution in [-0.4, -0.2) is 4.98 Å². The van der Waals surface area contributed by atoms with E-state index in [1.807, 2.05) is 0 Å². The second kappa shape index (κ2) is 4.93. The average Bonchev–Trinajstić information content (AvgIpc) is 2.78. The lowest BCUT2D eigenvalue weighted by Crippen LogP contribution is -2.04. The van der Waals surface area contributed by atoms with E-state index < -0.39 is 0 Å². The maximum absolute atomic E-state index is 4.75. The van der Waals surface area contributed by atoms with Crippen LogP contribution < -0.4 is 0 Å². The Morgan fingerprint density at radius 2 is 2.13 bits per heavy atom. The third kappa shape index (κ3) is 2.49. The summed E-state index contributed by atoms with van der Waals surface area (Å²) in [5, 5.41) is 3.47. The molecule has 0 amide bonds. The lowest BCUT2D eigenvalue weighted by molar-refractivity contribution is 0.438. The van der Waals surface area contributed by atoms with E-state index in [1.54, 1.807) is 11.3 Å². The summed E-state index contributed by atoms with van der Waals surface area (Å²) in [5.74, 6) is 0.744. The maximum atomic E-state index is 4.75. The van der Waals surface area contributed by atoms with Crippen LogP contribution in [0.15, 0.2) is 11.5 Å². The second-order valence-corrected chi connectivity index (χ2v) is 5.24. The molecule has 82 valence electrons. The summed E-state index contributed by atoms with van der Waals surface area (Å²) in [4.78, 5) is 4.75. The highest BCUT2D eigenvalue weighted by Crippen LogP contribution is 2.34. The van der Waals surface area contributed by atoms with E-state index in [9.17, 15) is 0 Å². The van der Waals surface area contributed by atoms with Crippen LogP contribution in [0.3, 0.4) is 0 Å². The highest BCUT2D eigenvalue weighted by molar-refractivity contribution is 7.10. The highest BCUT2D eigenvalue weighted by atomic mass is 32.1. The largest absolute Gasteiger partial charge is 0.241 e. The molecule has 0 atom stereocenters. The van der Waals surface area contributed by atoms with Gasteiger partial charge in [-0.3, -0.25) is 0 Å². The lowest BCUT2D eigenvalue weighted by Gasteiger charge is -2.19. The van der Waals surface area contributed by atoms with Gasteiger partial charge < -0.3 is 0 Å². The molecule has 1 aromatic heterocycles. The number of aromatic nitrogens is 1. The third-order valence-electron chi connectivity index (χ3n) is 3.32. The predicted molar refractivity (Wildman–Crippen MR) is 67.3 cm³/mol. The average molecular weight is 221 g/mol. The first-order chi connectivity index (χ1) is 7.31. The van der Waals surface area contributed by atoms with Gasteiger partial charge in [-0.15, -0.1) is 11.3 Å². The molecular weight excluding hydrogens is 202 g/mol. The van der Waals surface area contributed by atoms with Gasteiger partial charge in [0.15, 0.2) is 0 Å². The molecule has 1 nitrogen and oxygen atoms in total. The third-order valence-corrected chi connectivity index (χ3v) is 4.31. The number of rotatable bonds is 2. The summed E-state index contributed by atoms with van der Waals surface area (Å²) in [7, 11) is 0. The molecule has 1 aliphatic carbocycles. The van der Waals surface area contributed by atoms with Crippen LogP contribution in [0.1, 0.15) is 62.6 Å². The molecule has 0 aliphatic heterocycles. The minimum Gasteiger partial charge on any atom is -0.241 e. The molecule has 0 bridgehead atoms. The second-order valence-electron chi connectivity index (χ2n) is 4.38. The van der Waals surface area contributed by atoms with Gasteiger partial charge in [0.05, 0.1) is 5.69 Å². The van der Waals surface area contributed by atoms with E-state index in [-0.39, 0.29) is 0 Å². The van der Waals surface area contributed by atoms with Crippen LogP contribution in [0.5, 0.6) is 0 Å². The lowest BCUT2D eigenvalue weighted by atomic mass is 9.87. The zero-order valence-electron chi connectivity index (χ0n) is 9.62. The number of nitrogens with zero attached hydrogens (tertiary/aromatic N) is 1. The summed E-state index contributed by atoms with van der Waals surface area (Å²) in [6, 6.07) is 0. The van der Waals surface area contributed by atoms with Gasteiger partial charge in [0.1, 0.15) is 5.01 Å². The van der Waals surface area contributed by atoms with E-state index in [0.717, 1.165) is 5.92 Å². The van der Waals surface area contributed by atoms with Crippen molar-refractivity contribution in [1.29, 1.82) is 0 Å². The van der Waals surface area contributed by atoms with Gasteiger partial charge in [-0.2, -0.15) is 0 Å². The van der Waals surface area contributed by atoms with Gasteiger partial charge in [0.25, 0.3) is 0 Å². The molecule has 2 heteroatoms. The van der Waals surface area contributed by atoms with Crippen LogP contribution in [0, 0.1) is 0 Å². The van der Waals surface area contributed by atoms with Crippen LogP contribution >= 0.6 is 11.3 Å². The Bertz CT molecular complexity index is 345. The van der Waals surface area contributed by atoms with Crippen molar-refractivity contribution in [2.45, 2.75) is 51.9 Å². The Kier molecular flexibility index (Phi) is 3.57. The van der Waals surface area contributed by atoms with E-state index in [0.29, 0.717) is 0 Å². The first-order valence-corrected chi connectivity index (χ1v) is 6.78. The van der Waals surface area contributed by atoms with Gasteiger partial charge in [-0.05, 0) is 32.3 Å². The molecule has 0 aromatic carbocycles. The Labute approximate surface area is 96.2 Å². The van der Waals surface area contributed by atoms with Crippen molar-refractivity contribution in [3.05, 3.63) is 22.2 Å². The van der Waals surface area contributed by atoms with E-state index in [4.69, 9.17) is 4.98 Å². The number of thiazole rings is 1. The molecule has 1 heterocycles. The highest BCUT2D eigenvalue weighted by Gasteiger charge is 2.18. The summed E-state index contributed by atoms with van der Waals surface area (Å²) < 4.78 is 0. The van der Waals surface area contributed by atoms with Crippen molar-refractivity contribution in [2.75, 3.05) is 0 Å². The van der Waals surface area contributed by atoms with E-state index in [1.165, 1.54) is 48.4 Å². The topological polar surface area (TPSA) is 12.9 Å². The molecule has 2 rings (SSSR count). The van der Waals surface area contributed by atoms with Crippen LogP contribution in [0.2, 0.25) is 0 Å². The van der Waals surface area contributed by atoms with Crippen LogP contribution in [0.4, 0.5) is 0 Å². The maximum Gasteiger partial charge on any atom is 0.118 e. The molecule has 0 N–H and O–H groups in total. The van der Waals surface area contributed by atoms with Gasteiger partial charge in [0, 0.05) is 11.3 Å². The summed E-state index contributed by atoms with van der Waals surface area (Å²) in [6.07, 6.45) is 9.03. The fraction of sp³-hybridized carbons (Fsp3) is 0.615. The number of hydrogen-bond donors (Lipinski definition) is 0. The minimum atomic E-state index is 0.744. The molecule has 1 aromatic rings. The summed E-state index contributed by atoms with van der Waals surface area (Å²) >= 11 is 1.80. The SMILES string of the molecule is CC=C(C)c1nc(C2CCCCC2)cs1. The fourth-order valence-electron chi connectivity index (χ4n) is 2.18. The molecule has 15 heavy (non-hydrogen) atoms. The molecule has 0 spiro atoms. The molecule has 0 unspecified atom stereocenters.